The molecular formula is C19H25N3. The Morgan fingerprint density at radius 1 is 1.14 bits per heavy atom. The molecule has 1 saturated heterocycles. The van der Waals surface area contributed by atoms with E-state index in [1.54, 1.807) is 0 Å². The Hall–Kier alpha value is -1.71. The minimum Gasteiger partial charge on any atom is -0.315 e. The maximum absolute atomic E-state index is 4.27. The summed E-state index contributed by atoms with van der Waals surface area (Å²) in [6.45, 7) is 8.73. The first-order valence-electron chi connectivity index (χ1n) is 8.17. The van der Waals surface area contributed by atoms with E-state index in [9.17, 15) is 0 Å². The van der Waals surface area contributed by atoms with Crippen LogP contribution in [0.25, 0.3) is 0 Å². The van der Waals surface area contributed by atoms with Crippen LogP contribution in [-0.2, 0) is 0 Å². The van der Waals surface area contributed by atoms with Crippen molar-refractivity contribution in [2.45, 2.75) is 26.3 Å². The zero-order valence-corrected chi connectivity index (χ0v) is 13.5. The molecule has 2 aromatic rings. The number of aryl methyl sites for hydroxylation is 2. The highest BCUT2D eigenvalue weighted by Gasteiger charge is 2.24. The fourth-order valence-electron chi connectivity index (χ4n) is 3.34. The maximum Gasteiger partial charge on any atom is 0.0606 e. The molecule has 1 atom stereocenters. The number of hydrogen-bond donors (Lipinski definition) is 1. The predicted molar refractivity (Wildman–Crippen MR) is 91.1 cm³/mol. The van der Waals surface area contributed by atoms with Crippen LogP contribution in [0.15, 0.2) is 42.7 Å². The van der Waals surface area contributed by atoms with Gasteiger partial charge in [-0.3, -0.25) is 9.88 Å². The highest BCUT2D eigenvalue weighted by Crippen LogP contribution is 2.31. The van der Waals surface area contributed by atoms with Gasteiger partial charge in [-0.25, -0.2) is 0 Å². The minimum atomic E-state index is 0.322. The summed E-state index contributed by atoms with van der Waals surface area (Å²) in [6, 6.07) is 11.4. The fourth-order valence-corrected chi connectivity index (χ4v) is 3.34. The molecule has 1 aliphatic heterocycles. The van der Waals surface area contributed by atoms with Crippen molar-refractivity contribution in [1.82, 2.24) is 15.2 Å². The second kappa shape index (κ2) is 7.03. The summed E-state index contributed by atoms with van der Waals surface area (Å²) in [5.74, 6) is 0. The summed E-state index contributed by atoms with van der Waals surface area (Å²) in [7, 11) is 0. The smallest absolute Gasteiger partial charge is 0.0606 e. The lowest BCUT2D eigenvalue weighted by atomic mass is 9.93. The Bertz CT molecular complexity index is 616. The van der Waals surface area contributed by atoms with Gasteiger partial charge in [-0.1, -0.05) is 29.8 Å². The molecule has 22 heavy (non-hydrogen) atoms. The maximum atomic E-state index is 4.27. The second-order valence-electron chi connectivity index (χ2n) is 6.19. The third-order valence-electron chi connectivity index (χ3n) is 4.46. The van der Waals surface area contributed by atoms with Crippen LogP contribution in [0.4, 0.5) is 0 Å². The molecule has 0 bridgehead atoms. The molecular weight excluding hydrogens is 270 g/mol. The molecule has 0 radical (unpaired) electrons. The van der Waals surface area contributed by atoms with Gasteiger partial charge in [-0.2, -0.15) is 0 Å². The van der Waals surface area contributed by atoms with E-state index < -0.39 is 0 Å². The lowest BCUT2D eigenvalue weighted by molar-refractivity contribution is 0.240. The van der Waals surface area contributed by atoms with Crippen LogP contribution >= 0.6 is 0 Å². The molecule has 116 valence electrons. The molecule has 2 heterocycles. The van der Waals surface area contributed by atoms with E-state index in [-0.39, 0.29) is 0 Å². The van der Waals surface area contributed by atoms with E-state index in [2.05, 4.69) is 59.4 Å². The Morgan fingerprint density at radius 2 is 2.05 bits per heavy atom. The lowest BCUT2D eigenvalue weighted by Gasteiger charge is -2.32. The van der Waals surface area contributed by atoms with Gasteiger partial charge < -0.3 is 5.32 Å². The van der Waals surface area contributed by atoms with Crippen molar-refractivity contribution in [3.8, 4) is 0 Å². The predicted octanol–water partition coefficient (Wildman–Crippen LogP) is 3.08. The molecule has 1 aromatic heterocycles. The summed E-state index contributed by atoms with van der Waals surface area (Å²) in [5, 5.41) is 3.51. The van der Waals surface area contributed by atoms with Crippen molar-refractivity contribution in [1.29, 1.82) is 0 Å². The minimum absolute atomic E-state index is 0.322. The first kappa shape index (κ1) is 15.2. The first-order chi connectivity index (χ1) is 10.8. The van der Waals surface area contributed by atoms with Gasteiger partial charge >= 0.3 is 0 Å². The number of hydrogen-bond acceptors (Lipinski definition) is 3. The molecule has 0 amide bonds. The summed E-state index contributed by atoms with van der Waals surface area (Å²) >= 11 is 0. The van der Waals surface area contributed by atoms with Crippen LogP contribution in [0, 0.1) is 13.8 Å². The molecule has 0 spiro atoms. The van der Waals surface area contributed by atoms with Gasteiger partial charge in [0.15, 0.2) is 0 Å². The molecule has 0 saturated carbocycles. The van der Waals surface area contributed by atoms with Crippen molar-refractivity contribution in [3.05, 3.63) is 65.0 Å². The first-order valence-corrected chi connectivity index (χ1v) is 8.17. The van der Waals surface area contributed by atoms with Gasteiger partial charge in [0, 0.05) is 32.0 Å². The summed E-state index contributed by atoms with van der Waals surface area (Å²) in [6.07, 6.45) is 5.10. The number of nitrogens with zero attached hydrogens (tertiary/aromatic N) is 2. The molecule has 1 aromatic carbocycles. The van der Waals surface area contributed by atoms with E-state index in [1.807, 2.05) is 12.4 Å². The quantitative estimate of drug-likeness (QED) is 0.943. The van der Waals surface area contributed by atoms with Crippen molar-refractivity contribution < 1.29 is 0 Å². The van der Waals surface area contributed by atoms with E-state index in [0.717, 1.165) is 26.2 Å². The lowest BCUT2D eigenvalue weighted by Crippen LogP contribution is -2.33. The molecule has 0 aliphatic carbocycles. The average molecular weight is 295 g/mol. The molecule has 1 unspecified atom stereocenters. The third-order valence-corrected chi connectivity index (χ3v) is 4.46. The number of nitrogens with one attached hydrogen (secondary N) is 1. The standard InChI is InChI=1S/C19H25N3/c1-15-5-3-6-17(13-15)19(18-7-9-21-14-16(18)2)22-11-4-8-20-10-12-22/h3,5-7,9,13-14,19-20H,4,8,10-12H2,1-2H3. The van der Waals surface area contributed by atoms with E-state index in [1.165, 1.54) is 28.7 Å². The second-order valence-corrected chi connectivity index (χ2v) is 6.19. The molecule has 3 rings (SSSR count). The van der Waals surface area contributed by atoms with E-state index >= 15 is 0 Å². The van der Waals surface area contributed by atoms with Crippen molar-refractivity contribution >= 4 is 0 Å². The highest BCUT2D eigenvalue weighted by molar-refractivity contribution is 5.37. The van der Waals surface area contributed by atoms with E-state index in [0.29, 0.717) is 6.04 Å². The fraction of sp³-hybridized carbons (Fsp3) is 0.421. The zero-order valence-electron chi connectivity index (χ0n) is 13.5. The van der Waals surface area contributed by atoms with Gasteiger partial charge in [0.1, 0.15) is 0 Å². The van der Waals surface area contributed by atoms with Crippen LogP contribution in [0.2, 0.25) is 0 Å². The largest absolute Gasteiger partial charge is 0.315 e. The number of rotatable bonds is 3. The van der Waals surface area contributed by atoms with Crippen molar-refractivity contribution in [2.75, 3.05) is 26.2 Å². The van der Waals surface area contributed by atoms with Crippen molar-refractivity contribution in [2.24, 2.45) is 0 Å². The number of aromatic nitrogens is 1. The monoisotopic (exact) mass is 295 g/mol. The van der Waals surface area contributed by atoms with Gasteiger partial charge in [-0.15, -0.1) is 0 Å². The Balaban J connectivity index is 2.03. The van der Waals surface area contributed by atoms with E-state index in [4.69, 9.17) is 0 Å². The molecule has 1 aliphatic rings. The van der Waals surface area contributed by atoms with Gasteiger partial charge in [0.25, 0.3) is 0 Å². The Kier molecular flexibility index (Phi) is 4.86. The number of pyridine rings is 1. The summed E-state index contributed by atoms with van der Waals surface area (Å²) < 4.78 is 0. The van der Waals surface area contributed by atoms with Crippen LogP contribution in [0.3, 0.4) is 0 Å². The average Bonchev–Trinajstić information content (AvgIpc) is 2.79. The van der Waals surface area contributed by atoms with Crippen molar-refractivity contribution in [3.63, 3.8) is 0 Å². The zero-order chi connectivity index (χ0) is 15.4. The SMILES string of the molecule is Cc1cccc(C(c2ccncc2C)N2CCCNCC2)c1. The van der Waals surface area contributed by atoms with Gasteiger partial charge in [0.2, 0.25) is 0 Å². The molecule has 1 N–H and O–H groups in total. The van der Waals surface area contributed by atoms with Gasteiger partial charge in [-0.05, 0) is 49.6 Å². The van der Waals surface area contributed by atoms with Gasteiger partial charge in [0.05, 0.1) is 6.04 Å². The molecule has 3 heteroatoms. The number of benzene rings is 1. The van der Waals surface area contributed by atoms with Crippen LogP contribution in [0.5, 0.6) is 0 Å². The van der Waals surface area contributed by atoms with Crippen LogP contribution in [-0.4, -0.2) is 36.1 Å². The highest BCUT2D eigenvalue weighted by atomic mass is 15.2. The third kappa shape index (κ3) is 3.37. The normalized spacial score (nSPS) is 17.9. The van der Waals surface area contributed by atoms with Crippen LogP contribution in [0.1, 0.15) is 34.7 Å². The molecule has 3 nitrogen and oxygen atoms in total. The summed E-state index contributed by atoms with van der Waals surface area (Å²) in [5.41, 5.74) is 5.35. The molecule has 1 fully saturated rings. The Labute approximate surface area is 133 Å². The topological polar surface area (TPSA) is 28.2 Å². The summed E-state index contributed by atoms with van der Waals surface area (Å²) in [4.78, 5) is 6.88. The Morgan fingerprint density at radius 3 is 2.86 bits per heavy atom. The van der Waals surface area contributed by atoms with Crippen LogP contribution < -0.4 is 5.32 Å².